The second kappa shape index (κ2) is 13.5. The van der Waals surface area contributed by atoms with Crippen LogP contribution in [0.2, 0.25) is 0 Å². The lowest BCUT2D eigenvalue weighted by molar-refractivity contribution is -0.129. The summed E-state index contributed by atoms with van der Waals surface area (Å²) in [5, 5.41) is 5.17. The molecule has 0 aliphatic carbocycles. The Balaban J connectivity index is 3.43. The fraction of sp³-hybridized carbons (Fsp3) is 0.786. The Morgan fingerprint density at radius 3 is 1.86 bits per heavy atom. The van der Waals surface area contributed by atoms with Crippen molar-refractivity contribution in [1.82, 2.24) is 10.6 Å². The Morgan fingerprint density at radius 1 is 0.857 bits per heavy atom. The summed E-state index contributed by atoms with van der Waals surface area (Å²) in [6.45, 7) is 6.02. The van der Waals surface area contributed by atoms with Crippen LogP contribution in [0.4, 0.5) is 0 Å². The molecule has 0 radical (unpaired) electrons. The Hall–Kier alpha value is -1.47. The first-order chi connectivity index (χ1) is 10.1. The molecule has 0 aromatic heterocycles. The molecule has 0 rings (SSSR count). The molecular weight excluding hydrogens is 276 g/mol. The third-order valence-corrected chi connectivity index (χ3v) is 2.41. The molecule has 0 aliphatic heterocycles. The summed E-state index contributed by atoms with van der Waals surface area (Å²) in [7, 11) is 0. The van der Waals surface area contributed by atoms with E-state index in [1.807, 2.05) is 6.92 Å². The molecule has 0 saturated heterocycles. The predicted molar refractivity (Wildman–Crippen MR) is 77.9 cm³/mol. The maximum atomic E-state index is 11.4. The number of hydrogen-bond donors (Lipinski definition) is 2. The SMILES string of the molecule is CCCOCCNC(=O)CC(=O)NCCOCCC(C)=O. The van der Waals surface area contributed by atoms with Gasteiger partial charge in [-0.1, -0.05) is 6.92 Å². The molecule has 2 N–H and O–H groups in total. The Labute approximate surface area is 125 Å². The van der Waals surface area contributed by atoms with E-state index < -0.39 is 0 Å². The van der Waals surface area contributed by atoms with Gasteiger partial charge in [-0.05, 0) is 13.3 Å². The minimum atomic E-state index is -0.350. The van der Waals surface area contributed by atoms with Gasteiger partial charge in [0.15, 0.2) is 0 Å². The summed E-state index contributed by atoms with van der Waals surface area (Å²) in [5.41, 5.74) is 0. The first-order valence-corrected chi connectivity index (χ1v) is 7.24. The molecule has 7 heteroatoms. The van der Waals surface area contributed by atoms with E-state index in [1.165, 1.54) is 6.92 Å². The third kappa shape index (κ3) is 14.7. The van der Waals surface area contributed by atoms with E-state index in [0.717, 1.165) is 6.42 Å². The van der Waals surface area contributed by atoms with Crippen molar-refractivity contribution in [2.24, 2.45) is 0 Å². The van der Waals surface area contributed by atoms with Crippen LogP contribution in [0.15, 0.2) is 0 Å². The average Bonchev–Trinajstić information content (AvgIpc) is 2.42. The van der Waals surface area contributed by atoms with Crippen molar-refractivity contribution in [3.63, 3.8) is 0 Å². The topological polar surface area (TPSA) is 93.7 Å². The molecule has 0 aromatic carbocycles. The summed E-state index contributed by atoms with van der Waals surface area (Å²) in [5.74, 6) is -0.610. The molecule has 122 valence electrons. The van der Waals surface area contributed by atoms with Crippen LogP contribution >= 0.6 is 0 Å². The summed E-state index contributed by atoms with van der Waals surface area (Å²) in [6.07, 6.45) is 1.10. The molecule has 0 unspecified atom stereocenters. The highest BCUT2D eigenvalue weighted by Gasteiger charge is 2.08. The molecule has 0 spiro atoms. The van der Waals surface area contributed by atoms with Gasteiger partial charge in [0.25, 0.3) is 0 Å². The van der Waals surface area contributed by atoms with Crippen molar-refractivity contribution < 1.29 is 23.9 Å². The lowest BCUT2D eigenvalue weighted by atomic mass is 10.3. The quantitative estimate of drug-likeness (QED) is 0.370. The van der Waals surface area contributed by atoms with Crippen LogP contribution in [0.5, 0.6) is 0 Å². The number of ketones is 1. The van der Waals surface area contributed by atoms with Crippen LogP contribution in [0.3, 0.4) is 0 Å². The van der Waals surface area contributed by atoms with E-state index in [0.29, 0.717) is 45.9 Å². The zero-order valence-electron chi connectivity index (χ0n) is 12.9. The second-order valence-corrected chi connectivity index (χ2v) is 4.55. The molecule has 0 saturated carbocycles. The maximum absolute atomic E-state index is 11.4. The fourth-order valence-corrected chi connectivity index (χ4v) is 1.36. The Bertz CT molecular complexity index is 320. The fourth-order valence-electron chi connectivity index (χ4n) is 1.36. The number of hydrogen-bond acceptors (Lipinski definition) is 5. The van der Waals surface area contributed by atoms with E-state index in [4.69, 9.17) is 9.47 Å². The molecular formula is C14H26N2O5. The monoisotopic (exact) mass is 302 g/mol. The number of carbonyl (C=O) groups excluding carboxylic acids is 3. The van der Waals surface area contributed by atoms with Crippen LogP contribution in [0.25, 0.3) is 0 Å². The van der Waals surface area contributed by atoms with E-state index in [2.05, 4.69) is 10.6 Å². The maximum Gasteiger partial charge on any atom is 0.229 e. The highest BCUT2D eigenvalue weighted by molar-refractivity contribution is 5.96. The van der Waals surface area contributed by atoms with Gasteiger partial charge >= 0.3 is 0 Å². The molecule has 0 aromatic rings. The minimum absolute atomic E-state index is 0.0682. The van der Waals surface area contributed by atoms with Crippen molar-refractivity contribution >= 4 is 17.6 Å². The zero-order chi connectivity index (χ0) is 15.9. The van der Waals surface area contributed by atoms with Crippen molar-refractivity contribution in [2.45, 2.75) is 33.1 Å². The summed E-state index contributed by atoms with van der Waals surface area (Å²) < 4.78 is 10.4. The van der Waals surface area contributed by atoms with Crippen LogP contribution < -0.4 is 10.6 Å². The molecule has 7 nitrogen and oxygen atoms in total. The molecule has 21 heavy (non-hydrogen) atoms. The molecule has 0 atom stereocenters. The lowest BCUT2D eigenvalue weighted by Crippen LogP contribution is -2.34. The van der Waals surface area contributed by atoms with Crippen molar-refractivity contribution in [1.29, 1.82) is 0 Å². The predicted octanol–water partition coefficient (Wildman–Crippen LogP) is 0.0312. The van der Waals surface area contributed by atoms with Crippen LogP contribution in [-0.2, 0) is 23.9 Å². The molecule has 0 heterocycles. The number of Topliss-reactive ketones (excluding diaryl/α,β-unsaturated/α-hetero) is 1. The third-order valence-electron chi connectivity index (χ3n) is 2.41. The highest BCUT2D eigenvalue weighted by atomic mass is 16.5. The van der Waals surface area contributed by atoms with Crippen molar-refractivity contribution in [3.05, 3.63) is 0 Å². The smallest absolute Gasteiger partial charge is 0.229 e. The van der Waals surface area contributed by atoms with Gasteiger partial charge in [0.2, 0.25) is 11.8 Å². The van der Waals surface area contributed by atoms with E-state index in [9.17, 15) is 14.4 Å². The first kappa shape index (κ1) is 19.5. The number of carbonyl (C=O) groups is 3. The van der Waals surface area contributed by atoms with Gasteiger partial charge < -0.3 is 20.1 Å². The molecule has 0 fully saturated rings. The largest absolute Gasteiger partial charge is 0.380 e. The summed E-state index contributed by atoms with van der Waals surface area (Å²) >= 11 is 0. The molecule has 0 aliphatic rings. The first-order valence-electron chi connectivity index (χ1n) is 7.24. The molecule has 2 amide bonds. The Kier molecular flexibility index (Phi) is 12.6. The average molecular weight is 302 g/mol. The summed E-state index contributed by atoms with van der Waals surface area (Å²) in [6, 6.07) is 0. The van der Waals surface area contributed by atoms with E-state index in [1.54, 1.807) is 0 Å². The van der Waals surface area contributed by atoms with Crippen molar-refractivity contribution in [3.8, 4) is 0 Å². The number of ether oxygens (including phenoxy) is 2. The lowest BCUT2D eigenvalue weighted by Gasteiger charge is -2.07. The highest BCUT2D eigenvalue weighted by Crippen LogP contribution is 1.85. The van der Waals surface area contributed by atoms with Gasteiger partial charge in [0.1, 0.15) is 12.2 Å². The van der Waals surface area contributed by atoms with Gasteiger partial charge in [-0.25, -0.2) is 0 Å². The van der Waals surface area contributed by atoms with Crippen LogP contribution in [0, 0.1) is 0 Å². The number of amides is 2. The van der Waals surface area contributed by atoms with Crippen molar-refractivity contribution in [2.75, 3.05) is 39.5 Å². The normalized spacial score (nSPS) is 10.2. The molecule has 0 bridgehead atoms. The second-order valence-electron chi connectivity index (χ2n) is 4.55. The zero-order valence-corrected chi connectivity index (χ0v) is 12.9. The van der Waals surface area contributed by atoms with Gasteiger partial charge in [-0.2, -0.15) is 0 Å². The number of rotatable bonds is 13. The van der Waals surface area contributed by atoms with Crippen LogP contribution in [0.1, 0.15) is 33.1 Å². The van der Waals surface area contributed by atoms with E-state index in [-0.39, 0.29) is 24.0 Å². The van der Waals surface area contributed by atoms with Crippen LogP contribution in [-0.4, -0.2) is 57.1 Å². The van der Waals surface area contributed by atoms with Gasteiger partial charge in [0.05, 0.1) is 19.8 Å². The summed E-state index contributed by atoms with van der Waals surface area (Å²) in [4.78, 5) is 33.5. The van der Waals surface area contributed by atoms with Gasteiger partial charge in [-0.15, -0.1) is 0 Å². The van der Waals surface area contributed by atoms with Gasteiger partial charge in [-0.3, -0.25) is 14.4 Å². The minimum Gasteiger partial charge on any atom is -0.380 e. The van der Waals surface area contributed by atoms with E-state index >= 15 is 0 Å². The Morgan fingerprint density at radius 2 is 1.38 bits per heavy atom. The number of nitrogens with one attached hydrogen (secondary N) is 2. The standard InChI is InChI=1S/C14H26N2O5/c1-3-7-20-9-5-15-13(18)11-14(19)16-6-10-21-8-4-12(2)17/h3-11H2,1-2H3,(H,15,18)(H,16,19). The van der Waals surface area contributed by atoms with Gasteiger partial charge in [0, 0.05) is 26.1 Å².